The van der Waals surface area contributed by atoms with Crippen LogP contribution in [0.15, 0.2) is 47.8 Å². The molecule has 1 N–H and O–H groups in total. The van der Waals surface area contributed by atoms with Gasteiger partial charge in [0.05, 0.1) is 30.7 Å². The van der Waals surface area contributed by atoms with Crippen molar-refractivity contribution in [2.45, 2.75) is 18.0 Å². The Morgan fingerprint density at radius 1 is 1.21 bits per heavy atom. The van der Waals surface area contributed by atoms with Crippen molar-refractivity contribution in [2.75, 3.05) is 24.0 Å². The third-order valence-corrected chi connectivity index (χ3v) is 7.34. The number of hydrogen-bond acceptors (Lipinski definition) is 7. The van der Waals surface area contributed by atoms with Crippen molar-refractivity contribution in [3.63, 3.8) is 0 Å². The molecule has 0 radical (unpaired) electrons. The van der Waals surface area contributed by atoms with E-state index in [1.807, 2.05) is 29.8 Å². The van der Waals surface area contributed by atoms with Crippen molar-refractivity contribution in [1.29, 1.82) is 0 Å². The first-order valence-electron chi connectivity index (χ1n) is 9.36. The highest BCUT2D eigenvalue weighted by Gasteiger charge is 2.68. The van der Waals surface area contributed by atoms with Crippen LogP contribution in [0.3, 0.4) is 0 Å². The number of amides is 2. The first kappa shape index (κ1) is 20.1. The molecule has 2 aliphatic rings. The molecule has 0 aliphatic carbocycles. The van der Waals surface area contributed by atoms with E-state index < -0.39 is 29.4 Å². The molecule has 2 amide bonds. The van der Waals surface area contributed by atoms with E-state index in [0.717, 1.165) is 4.88 Å². The van der Waals surface area contributed by atoms with Gasteiger partial charge in [-0.1, -0.05) is 24.3 Å². The third-order valence-electron chi connectivity index (χ3n) is 5.77. The molecule has 2 fully saturated rings. The first-order valence-corrected chi connectivity index (χ1v) is 11.6. The summed E-state index contributed by atoms with van der Waals surface area (Å²) in [4.78, 5) is 42.3. The number of imide groups is 1. The molecule has 4 rings (SSSR count). The molecule has 0 spiro atoms. The SMILES string of the molecule is COC(=O)[C@]1(CCSC)N[C@@H](c2cccs2)[C@H]2C(=O)N(c3ccccc3)C(=O)[C@H]21. The lowest BCUT2D eigenvalue weighted by Gasteiger charge is -2.32. The third kappa shape index (κ3) is 3.10. The van der Waals surface area contributed by atoms with Crippen LogP contribution in [0.4, 0.5) is 5.69 Å². The fourth-order valence-electron chi connectivity index (χ4n) is 4.51. The van der Waals surface area contributed by atoms with Crippen molar-refractivity contribution in [1.82, 2.24) is 5.32 Å². The van der Waals surface area contributed by atoms with Crippen LogP contribution < -0.4 is 10.2 Å². The number of benzene rings is 1. The van der Waals surface area contributed by atoms with Gasteiger partial charge >= 0.3 is 5.97 Å². The van der Waals surface area contributed by atoms with Gasteiger partial charge in [0.25, 0.3) is 0 Å². The zero-order valence-corrected chi connectivity index (χ0v) is 17.8. The van der Waals surface area contributed by atoms with E-state index in [9.17, 15) is 14.4 Å². The highest BCUT2D eigenvalue weighted by Crippen LogP contribution is 2.52. The fraction of sp³-hybridized carbons (Fsp3) is 0.381. The first-order chi connectivity index (χ1) is 14.0. The average Bonchev–Trinajstić information content (AvgIpc) is 3.44. The molecule has 6 nitrogen and oxygen atoms in total. The summed E-state index contributed by atoms with van der Waals surface area (Å²) in [5.74, 6) is -1.90. The number of hydrogen-bond donors (Lipinski definition) is 1. The van der Waals surface area contributed by atoms with Crippen LogP contribution in [0.2, 0.25) is 0 Å². The van der Waals surface area contributed by atoms with Gasteiger partial charge in [-0.2, -0.15) is 11.8 Å². The zero-order chi connectivity index (χ0) is 20.6. The molecule has 1 aromatic heterocycles. The fourth-order valence-corrected chi connectivity index (χ4v) is 5.86. The van der Waals surface area contributed by atoms with Gasteiger partial charge in [-0.3, -0.25) is 19.7 Å². The number of nitrogens with zero attached hydrogens (tertiary/aromatic N) is 1. The van der Waals surface area contributed by atoms with Crippen LogP contribution in [0.25, 0.3) is 0 Å². The smallest absolute Gasteiger partial charge is 0.326 e. The number of nitrogens with one attached hydrogen (secondary N) is 1. The second-order valence-corrected chi connectivity index (χ2v) is 9.16. The summed E-state index contributed by atoms with van der Waals surface area (Å²) in [5, 5.41) is 5.31. The van der Waals surface area contributed by atoms with Crippen LogP contribution in [-0.4, -0.2) is 42.4 Å². The van der Waals surface area contributed by atoms with Gasteiger partial charge in [-0.15, -0.1) is 11.3 Å². The van der Waals surface area contributed by atoms with Gasteiger partial charge in [-0.05, 0) is 42.0 Å². The molecule has 2 aliphatic heterocycles. The topological polar surface area (TPSA) is 75.7 Å². The Labute approximate surface area is 177 Å². The van der Waals surface area contributed by atoms with Crippen molar-refractivity contribution < 1.29 is 19.1 Å². The Balaban J connectivity index is 1.84. The Morgan fingerprint density at radius 3 is 2.59 bits per heavy atom. The largest absolute Gasteiger partial charge is 0.468 e. The van der Waals surface area contributed by atoms with E-state index in [2.05, 4.69) is 5.32 Å². The normalized spacial score (nSPS) is 28.6. The van der Waals surface area contributed by atoms with Crippen LogP contribution in [0.1, 0.15) is 17.3 Å². The molecule has 0 saturated carbocycles. The second-order valence-electron chi connectivity index (χ2n) is 7.19. The summed E-state index contributed by atoms with van der Waals surface area (Å²) in [7, 11) is 1.33. The second kappa shape index (κ2) is 7.93. The lowest BCUT2D eigenvalue weighted by atomic mass is 9.78. The molecule has 4 atom stereocenters. The quantitative estimate of drug-likeness (QED) is 0.561. The standard InChI is InChI=1S/C21H22N2O4S2/c1-27-20(26)21(10-12-28-2)16-15(17(22-21)14-9-6-11-29-14)18(24)23(19(16)25)13-7-4-3-5-8-13/h3-9,11,15-17,22H,10,12H2,1-2H3/t15-,16-,17-,21+/m0/s1. The molecule has 8 heteroatoms. The highest BCUT2D eigenvalue weighted by atomic mass is 32.2. The van der Waals surface area contributed by atoms with Crippen LogP contribution in [0.5, 0.6) is 0 Å². The number of carbonyl (C=O) groups is 3. The molecule has 0 bridgehead atoms. The van der Waals surface area contributed by atoms with E-state index in [4.69, 9.17) is 4.74 Å². The number of ether oxygens (including phenoxy) is 1. The van der Waals surface area contributed by atoms with Crippen LogP contribution in [0, 0.1) is 11.8 Å². The maximum atomic E-state index is 13.6. The maximum absolute atomic E-state index is 13.6. The van der Waals surface area contributed by atoms with Crippen LogP contribution in [-0.2, 0) is 19.1 Å². The number of rotatable bonds is 6. The van der Waals surface area contributed by atoms with Gasteiger partial charge in [0, 0.05) is 4.88 Å². The summed E-state index contributed by atoms with van der Waals surface area (Å²) in [5.41, 5.74) is -0.696. The molecule has 29 heavy (non-hydrogen) atoms. The summed E-state index contributed by atoms with van der Waals surface area (Å²) in [6, 6.07) is 12.3. The lowest BCUT2D eigenvalue weighted by Crippen LogP contribution is -2.56. The summed E-state index contributed by atoms with van der Waals surface area (Å²) in [6.07, 6.45) is 2.36. The number of fused-ring (bicyclic) bond motifs is 1. The van der Waals surface area contributed by atoms with Crippen molar-refractivity contribution >= 4 is 46.6 Å². The average molecular weight is 431 g/mol. The minimum absolute atomic E-state index is 0.271. The number of esters is 1. The maximum Gasteiger partial charge on any atom is 0.326 e. The van der Waals surface area contributed by atoms with Crippen molar-refractivity contribution in [3.8, 4) is 0 Å². The monoisotopic (exact) mass is 430 g/mol. The Kier molecular flexibility index (Phi) is 5.50. The van der Waals surface area contributed by atoms with Gasteiger partial charge in [0.15, 0.2) is 0 Å². The van der Waals surface area contributed by atoms with E-state index in [1.165, 1.54) is 23.3 Å². The highest BCUT2D eigenvalue weighted by molar-refractivity contribution is 7.98. The molecular formula is C21H22N2O4S2. The van der Waals surface area contributed by atoms with Crippen molar-refractivity contribution in [2.24, 2.45) is 11.8 Å². The van der Waals surface area contributed by atoms with Crippen LogP contribution >= 0.6 is 23.1 Å². The number of para-hydroxylation sites is 1. The van der Waals surface area contributed by atoms with E-state index in [1.54, 1.807) is 36.0 Å². The van der Waals surface area contributed by atoms with E-state index >= 15 is 0 Å². The lowest BCUT2D eigenvalue weighted by molar-refractivity contribution is -0.152. The number of anilines is 1. The molecule has 3 heterocycles. The zero-order valence-electron chi connectivity index (χ0n) is 16.2. The Bertz CT molecular complexity index is 918. The predicted octanol–water partition coefficient (Wildman–Crippen LogP) is 2.86. The number of thioether (sulfide) groups is 1. The molecule has 0 unspecified atom stereocenters. The van der Waals surface area contributed by atoms with Gasteiger partial charge in [-0.25, -0.2) is 4.90 Å². The number of carbonyl (C=O) groups excluding carboxylic acids is 3. The Hall–Kier alpha value is -2.16. The number of thiophene rings is 1. The van der Waals surface area contributed by atoms with Gasteiger partial charge in [0.2, 0.25) is 11.8 Å². The molecular weight excluding hydrogens is 408 g/mol. The molecule has 1 aromatic carbocycles. The van der Waals surface area contributed by atoms with E-state index in [-0.39, 0.29) is 11.8 Å². The summed E-state index contributed by atoms with van der Waals surface area (Å²) in [6.45, 7) is 0. The molecule has 2 saturated heterocycles. The number of methoxy groups -OCH3 is 1. The van der Waals surface area contributed by atoms with Gasteiger partial charge in [0.1, 0.15) is 5.54 Å². The van der Waals surface area contributed by atoms with E-state index in [0.29, 0.717) is 17.9 Å². The minimum atomic E-state index is -1.23. The predicted molar refractivity (Wildman–Crippen MR) is 114 cm³/mol. The minimum Gasteiger partial charge on any atom is -0.468 e. The van der Waals surface area contributed by atoms with Gasteiger partial charge < -0.3 is 4.74 Å². The molecule has 2 aromatic rings. The van der Waals surface area contributed by atoms with Crippen molar-refractivity contribution in [3.05, 3.63) is 52.7 Å². The Morgan fingerprint density at radius 2 is 1.97 bits per heavy atom. The summed E-state index contributed by atoms with van der Waals surface area (Å²) >= 11 is 3.10. The molecule has 152 valence electrons. The summed E-state index contributed by atoms with van der Waals surface area (Å²) < 4.78 is 5.14.